The molecule has 2 nitrogen and oxygen atoms in total. The minimum absolute atomic E-state index is 0.00888. The lowest BCUT2D eigenvalue weighted by atomic mass is 9.32. The van der Waals surface area contributed by atoms with Crippen LogP contribution in [0.4, 0.5) is 34.1 Å². The minimum atomic E-state index is -0.0853. The van der Waals surface area contributed by atoms with E-state index in [1.54, 1.807) is 0 Å². The van der Waals surface area contributed by atoms with Gasteiger partial charge in [-0.15, -0.1) is 0 Å². The second kappa shape index (κ2) is 16.1. The first-order valence-electron chi connectivity index (χ1n) is 28.3. The van der Waals surface area contributed by atoms with Crippen molar-refractivity contribution in [1.82, 2.24) is 0 Å². The number of benzene rings is 7. The van der Waals surface area contributed by atoms with E-state index < -0.39 is 0 Å². The van der Waals surface area contributed by atoms with Gasteiger partial charge in [-0.05, 0) is 204 Å². The van der Waals surface area contributed by atoms with Crippen LogP contribution in [0.25, 0.3) is 22.3 Å². The van der Waals surface area contributed by atoms with Crippen molar-refractivity contribution < 1.29 is 0 Å². The van der Waals surface area contributed by atoms with E-state index in [0.717, 1.165) is 6.42 Å². The van der Waals surface area contributed by atoms with Crippen molar-refractivity contribution in [2.75, 3.05) is 9.80 Å². The smallest absolute Gasteiger partial charge is 0.252 e. The van der Waals surface area contributed by atoms with Gasteiger partial charge >= 0.3 is 0 Å². The topological polar surface area (TPSA) is 6.48 Å². The summed E-state index contributed by atoms with van der Waals surface area (Å²) in [6.07, 6.45) is 7.04. The van der Waals surface area contributed by atoms with Crippen LogP contribution in [0.2, 0.25) is 0 Å². The summed E-state index contributed by atoms with van der Waals surface area (Å²) in [4.78, 5) is 5.51. The average Bonchev–Trinajstić information content (AvgIpc) is 3.35. The van der Waals surface area contributed by atoms with Crippen molar-refractivity contribution in [2.24, 2.45) is 0 Å². The molecule has 0 radical (unpaired) electrons. The molecule has 0 bridgehead atoms. The number of hydrogen-bond donors (Lipinski definition) is 0. The molecule has 7 aromatic carbocycles. The van der Waals surface area contributed by atoms with Gasteiger partial charge in [0.05, 0.1) is 5.69 Å². The molecule has 2 heterocycles. The molecule has 378 valence electrons. The molecule has 0 N–H and O–H groups in total. The largest absolute Gasteiger partial charge is 0.311 e. The molecular formula is C71H81BN2. The summed E-state index contributed by atoms with van der Waals surface area (Å²) < 4.78 is 0. The highest BCUT2D eigenvalue weighted by Gasteiger charge is 2.50. The van der Waals surface area contributed by atoms with Crippen molar-refractivity contribution in [3.05, 3.63) is 172 Å². The molecule has 0 amide bonds. The summed E-state index contributed by atoms with van der Waals surface area (Å²) in [7, 11) is 0. The highest BCUT2D eigenvalue weighted by atomic mass is 15.2. The number of fused-ring (bicyclic) bond motifs is 7. The van der Waals surface area contributed by atoms with Crippen molar-refractivity contribution in [2.45, 2.75) is 187 Å². The van der Waals surface area contributed by atoms with E-state index in [0.29, 0.717) is 0 Å². The Balaban J connectivity index is 1.27. The zero-order valence-electron chi connectivity index (χ0n) is 47.8. The van der Waals surface area contributed by atoms with Crippen LogP contribution in [-0.2, 0) is 37.9 Å². The van der Waals surface area contributed by atoms with Gasteiger partial charge in [0.15, 0.2) is 0 Å². The third kappa shape index (κ3) is 7.46. The average molecular weight is 973 g/mol. The first-order chi connectivity index (χ1) is 34.7. The summed E-state index contributed by atoms with van der Waals surface area (Å²) in [6, 6.07) is 51.2. The minimum Gasteiger partial charge on any atom is -0.311 e. The standard InChI is InChI=1S/C71H81BN2/c1-44-35-61-63-62(36-44)74(64-49(45-23-19-17-20-24-45)37-47(65(2,3)4)38-50(64)46-25-21-18-22-26-46)60-43-56-54(69(11,12)32-34-71(56,15)16)41-58(60)72(63)57-40-53-55(70(13,14)33-31-68(53,9)10)42-59(57)73(61)48-27-28-51-52(39-48)67(7,8)30-29-66(51,5)6/h17-28,35-43H,29-34H2,1-16H3. The molecule has 5 aliphatic rings. The van der Waals surface area contributed by atoms with Gasteiger partial charge in [-0.1, -0.05) is 183 Å². The monoisotopic (exact) mass is 973 g/mol. The second-order valence-corrected chi connectivity index (χ2v) is 28.7. The summed E-state index contributed by atoms with van der Waals surface area (Å²) in [5, 5.41) is 0. The van der Waals surface area contributed by atoms with Crippen LogP contribution < -0.4 is 26.2 Å². The van der Waals surface area contributed by atoms with Crippen molar-refractivity contribution >= 4 is 57.2 Å². The number of anilines is 6. The predicted molar refractivity (Wildman–Crippen MR) is 321 cm³/mol. The van der Waals surface area contributed by atoms with Gasteiger partial charge in [0, 0.05) is 39.6 Å². The molecule has 0 aromatic heterocycles. The Morgan fingerprint density at radius 3 is 1.20 bits per heavy atom. The van der Waals surface area contributed by atoms with Gasteiger partial charge in [-0.3, -0.25) is 0 Å². The molecule has 0 saturated heterocycles. The van der Waals surface area contributed by atoms with Crippen LogP contribution >= 0.6 is 0 Å². The molecule has 2 aliphatic heterocycles. The van der Waals surface area contributed by atoms with Crippen LogP contribution in [0.5, 0.6) is 0 Å². The fourth-order valence-corrected chi connectivity index (χ4v) is 14.5. The Bertz CT molecular complexity index is 3390. The SMILES string of the molecule is Cc1cc2c3c(c1)N(c1c(-c4ccccc4)cc(C(C)(C)C)cc1-c1ccccc1)c1cc4c(cc1B3c1cc3c(cc1N2c1ccc2c(c1)C(C)(C)CCC2(C)C)C(C)(C)CCC3(C)C)C(C)(C)CCC4(C)C. The third-order valence-corrected chi connectivity index (χ3v) is 19.6. The maximum atomic E-state index is 2.78. The van der Waals surface area contributed by atoms with Crippen LogP contribution in [0.15, 0.2) is 127 Å². The lowest BCUT2D eigenvalue weighted by molar-refractivity contribution is 0.332. The summed E-state index contributed by atoms with van der Waals surface area (Å²) >= 11 is 0. The fourth-order valence-electron chi connectivity index (χ4n) is 14.5. The number of aryl methyl sites for hydroxylation is 1. The van der Waals surface area contributed by atoms with Gasteiger partial charge in [-0.25, -0.2) is 0 Å². The molecule has 0 spiro atoms. The quantitative estimate of drug-likeness (QED) is 0.162. The molecule has 0 fully saturated rings. The van der Waals surface area contributed by atoms with Gasteiger partial charge in [0.25, 0.3) is 6.71 Å². The summed E-state index contributed by atoms with van der Waals surface area (Å²) in [5.41, 5.74) is 28.9. The van der Waals surface area contributed by atoms with Crippen molar-refractivity contribution in [3.8, 4) is 22.3 Å². The number of rotatable bonds is 4. The van der Waals surface area contributed by atoms with Crippen LogP contribution in [0.1, 0.15) is 187 Å². The van der Waals surface area contributed by atoms with E-state index in [1.807, 2.05) is 0 Å². The van der Waals surface area contributed by atoms with Crippen LogP contribution in [0, 0.1) is 6.92 Å². The molecule has 7 aromatic rings. The van der Waals surface area contributed by atoms with E-state index in [9.17, 15) is 0 Å². The number of nitrogens with zero attached hydrogens (tertiary/aromatic N) is 2. The summed E-state index contributed by atoms with van der Waals surface area (Å²) in [5.74, 6) is 0. The molecule has 12 rings (SSSR count). The normalized spacial score (nSPS) is 19.9. The molecule has 3 aliphatic carbocycles. The van der Waals surface area contributed by atoms with Crippen LogP contribution in [0.3, 0.4) is 0 Å². The molecule has 0 saturated carbocycles. The first kappa shape index (κ1) is 49.1. The van der Waals surface area contributed by atoms with E-state index in [1.165, 1.54) is 149 Å². The Morgan fingerprint density at radius 1 is 0.392 bits per heavy atom. The van der Waals surface area contributed by atoms with E-state index in [-0.39, 0.29) is 44.6 Å². The number of hydrogen-bond acceptors (Lipinski definition) is 2. The Kier molecular flexibility index (Phi) is 10.7. The van der Waals surface area contributed by atoms with Crippen molar-refractivity contribution in [3.63, 3.8) is 0 Å². The second-order valence-electron chi connectivity index (χ2n) is 28.7. The zero-order valence-corrected chi connectivity index (χ0v) is 47.8. The zero-order chi connectivity index (χ0) is 52.4. The first-order valence-corrected chi connectivity index (χ1v) is 28.3. The molecule has 74 heavy (non-hydrogen) atoms. The van der Waals surface area contributed by atoms with Gasteiger partial charge < -0.3 is 9.80 Å². The van der Waals surface area contributed by atoms with Gasteiger partial charge in [0.1, 0.15) is 0 Å². The molecule has 3 heteroatoms. The lowest BCUT2D eigenvalue weighted by Gasteiger charge is -2.49. The van der Waals surface area contributed by atoms with Gasteiger partial charge in [-0.2, -0.15) is 0 Å². The van der Waals surface area contributed by atoms with Gasteiger partial charge in [0.2, 0.25) is 0 Å². The Labute approximate surface area is 446 Å². The van der Waals surface area contributed by atoms with Crippen LogP contribution in [-0.4, -0.2) is 6.71 Å². The summed E-state index contributed by atoms with van der Waals surface area (Å²) in [6.45, 7) is 39.4. The maximum Gasteiger partial charge on any atom is 0.252 e. The maximum absolute atomic E-state index is 2.78. The van der Waals surface area contributed by atoms with E-state index in [2.05, 4.69) is 248 Å². The third-order valence-electron chi connectivity index (χ3n) is 19.6. The molecule has 0 unspecified atom stereocenters. The predicted octanol–water partition coefficient (Wildman–Crippen LogP) is 17.8. The highest BCUT2D eigenvalue weighted by Crippen LogP contribution is 2.56. The van der Waals surface area contributed by atoms with E-state index in [4.69, 9.17) is 0 Å². The Morgan fingerprint density at radius 2 is 0.770 bits per heavy atom. The lowest BCUT2D eigenvalue weighted by Crippen LogP contribution is -2.62. The van der Waals surface area contributed by atoms with E-state index >= 15 is 0 Å². The molecule has 0 atom stereocenters. The van der Waals surface area contributed by atoms with Crippen molar-refractivity contribution in [1.29, 1.82) is 0 Å². The Hall–Kier alpha value is -5.80. The highest BCUT2D eigenvalue weighted by molar-refractivity contribution is 7.00. The molecular weight excluding hydrogens is 892 g/mol. The fraction of sp³-hybridized carbons (Fsp3) is 0.408.